The molecule has 0 unspecified atom stereocenters. The molecule has 1 aliphatic rings. The third-order valence-corrected chi connectivity index (χ3v) is 5.75. The topological polar surface area (TPSA) is 109 Å². The lowest BCUT2D eigenvalue weighted by atomic mass is 10.0. The zero-order chi connectivity index (χ0) is 22.1. The van der Waals surface area contributed by atoms with Crippen LogP contribution in [0.5, 0.6) is 0 Å². The van der Waals surface area contributed by atoms with Crippen LogP contribution in [-0.2, 0) is 0 Å². The van der Waals surface area contributed by atoms with Gasteiger partial charge in [0.2, 0.25) is 5.95 Å². The molecule has 0 aromatic carbocycles. The molecule has 1 aliphatic heterocycles. The predicted molar refractivity (Wildman–Crippen MR) is 124 cm³/mol. The molecule has 4 aromatic rings. The van der Waals surface area contributed by atoms with Crippen molar-refractivity contribution < 1.29 is 0 Å². The van der Waals surface area contributed by atoms with Gasteiger partial charge in [0.25, 0.3) is 0 Å². The fourth-order valence-electron chi connectivity index (χ4n) is 3.72. The van der Waals surface area contributed by atoms with Crippen molar-refractivity contribution in [3.05, 3.63) is 53.2 Å². The molecule has 2 N–H and O–H groups in total. The van der Waals surface area contributed by atoms with Crippen LogP contribution in [0.15, 0.2) is 36.8 Å². The van der Waals surface area contributed by atoms with Crippen molar-refractivity contribution in [2.45, 2.75) is 32.7 Å². The number of nitrogens with one attached hydrogen (secondary N) is 2. The van der Waals surface area contributed by atoms with E-state index in [1.165, 1.54) is 5.56 Å². The Bertz CT molecular complexity index is 1230. The number of anilines is 4. The molecule has 5 rings (SSSR count). The summed E-state index contributed by atoms with van der Waals surface area (Å²) in [5, 5.41) is 19.6. The van der Waals surface area contributed by atoms with E-state index in [4.69, 9.17) is 11.6 Å². The molecule has 0 radical (unpaired) electrons. The van der Waals surface area contributed by atoms with Crippen molar-refractivity contribution in [1.82, 2.24) is 34.8 Å². The van der Waals surface area contributed by atoms with E-state index in [1.807, 2.05) is 26.1 Å². The average molecular weight is 451 g/mol. The number of fused-ring (bicyclic) bond motifs is 1. The Morgan fingerprint density at radius 3 is 2.66 bits per heavy atom. The van der Waals surface area contributed by atoms with E-state index in [0.717, 1.165) is 43.3 Å². The Labute approximate surface area is 190 Å². The van der Waals surface area contributed by atoms with E-state index in [1.54, 1.807) is 16.9 Å². The number of rotatable bonds is 5. The third-order valence-electron chi connectivity index (χ3n) is 5.47. The molecule has 1 saturated heterocycles. The monoisotopic (exact) mass is 450 g/mol. The molecule has 0 atom stereocenters. The summed E-state index contributed by atoms with van der Waals surface area (Å²) in [6.45, 7) is 5.74. The molecule has 0 amide bonds. The molecule has 0 bridgehead atoms. The quantitative estimate of drug-likeness (QED) is 0.472. The second-order valence-corrected chi connectivity index (χ2v) is 8.28. The lowest BCUT2D eigenvalue weighted by Crippen LogP contribution is -2.39. The Morgan fingerprint density at radius 2 is 1.88 bits per heavy atom. The maximum atomic E-state index is 6.37. The largest absolute Gasteiger partial charge is 0.366 e. The van der Waals surface area contributed by atoms with E-state index in [9.17, 15) is 0 Å². The number of hydrogen-bond acceptors (Lipinski definition) is 9. The molecule has 10 nitrogen and oxygen atoms in total. The minimum atomic E-state index is 0.272. The Balaban J connectivity index is 1.24. The zero-order valence-electron chi connectivity index (χ0n) is 17.8. The van der Waals surface area contributed by atoms with Gasteiger partial charge < -0.3 is 15.5 Å². The van der Waals surface area contributed by atoms with Gasteiger partial charge in [0, 0.05) is 31.4 Å². The maximum absolute atomic E-state index is 6.37. The van der Waals surface area contributed by atoms with Crippen molar-refractivity contribution in [1.29, 1.82) is 0 Å². The van der Waals surface area contributed by atoms with Crippen molar-refractivity contribution in [2.24, 2.45) is 0 Å². The standard InChI is InChI=1S/C21H23ClN10/c1-13-3-4-18(23-10-13)31-7-5-15(6-8-31)26-20-17(22)12-24-21(28-20)27-16-9-19-30-29-14(2)32(19)25-11-16/h3-4,9-12,15H,5-8H2,1-2H3,(H2,24,26,27,28). The molecule has 0 saturated carbocycles. The number of hydrogen-bond donors (Lipinski definition) is 2. The van der Waals surface area contributed by atoms with E-state index in [0.29, 0.717) is 22.4 Å². The van der Waals surface area contributed by atoms with Crippen LogP contribution in [0.25, 0.3) is 5.65 Å². The van der Waals surface area contributed by atoms with Crippen LogP contribution in [-0.4, -0.2) is 53.9 Å². The van der Waals surface area contributed by atoms with Gasteiger partial charge in [-0.1, -0.05) is 17.7 Å². The fourth-order valence-corrected chi connectivity index (χ4v) is 3.87. The highest BCUT2D eigenvalue weighted by molar-refractivity contribution is 6.32. The van der Waals surface area contributed by atoms with Crippen molar-refractivity contribution >= 4 is 40.5 Å². The summed E-state index contributed by atoms with van der Waals surface area (Å²) in [6, 6.07) is 6.29. The van der Waals surface area contributed by atoms with Gasteiger partial charge in [0.1, 0.15) is 10.8 Å². The maximum Gasteiger partial charge on any atom is 0.229 e. The zero-order valence-corrected chi connectivity index (χ0v) is 18.6. The molecule has 164 valence electrons. The normalized spacial score (nSPS) is 14.7. The molecular formula is C21H23ClN10. The molecule has 32 heavy (non-hydrogen) atoms. The summed E-state index contributed by atoms with van der Waals surface area (Å²) >= 11 is 6.37. The van der Waals surface area contributed by atoms with E-state index >= 15 is 0 Å². The van der Waals surface area contributed by atoms with E-state index in [2.05, 4.69) is 57.9 Å². The van der Waals surface area contributed by atoms with Crippen LogP contribution in [0.4, 0.5) is 23.3 Å². The third kappa shape index (κ3) is 4.26. The minimum Gasteiger partial charge on any atom is -0.366 e. The molecule has 5 heterocycles. The molecule has 1 fully saturated rings. The number of piperidine rings is 1. The second kappa shape index (κ2) is 8.54. The van der Waals surface area contributed by atoms with Gasteiger partial charge in [-0.3, -0.25) is 0 Å². The van der Waals surface area contributed by atoms with E-state index < -0.39 is 0 Å². The molecule has 4 aromatic heterocycles. The van der Waals surface area contributed by atoms with Gasteiger partial charge in [-0.25, -0.2) is 9.97 Å². The van der Waals surface area contributed by atoms with Crippen molar-refractivity contribution in [3.63, 3.8) is 0 Å². The average Bonchev–Trinajstić information content (AvgIpc) is 3.17. The molecule has 0 spiro atoms. The first-order valence-electron chi connectivity index (χ1n) is 10.5. The molecule has 0 aliphatic carbocycles. The van der Waals surface area contributed by atoms with Crippen LogP contribution in [0.1, 0.15) is 24.2 Å². The van der Waals surface area contributed by atoms with Gasteiger partial charge in [-0.05, 0) is 38.3 Å². The van der Waals surface area contributed by atoms with Crippen molar-refractivity contribution in [3.8, 4) is 0 Å². The first-order valence-corrected chi connectivity index (χ1v) is 10.8. The van der Waals surface area contributed by atoms with Crippen LogP contribution >= 0.6 is 11.6 Å². The minimum absolute atomic E-state index is 0.272. The first-order chi connectivity index (χ1) is 15.5. The second-order valence-electron chi connectivity index (χ2n) is 7.88. The lowest BCUT2D eigenvalue weighted by molar-refractivity contribution is 0.522. The van der Waals surface area contributed by atoms with Gasteiger partial charge in [0.15, 0.2) is 17.3 Å². The van der Waals surface area contributed by atoms with Crippen LogP contribution in [0.3, 0.4) is 0 Å². The number of halogens is 1. The summed E-state index contributed by atoms with van der Waals surface area (Å²) in [5.74, 6) is 2.79. The smallest absolute Gasteiger partial charge is 0.229 e. The van der Waals surface area contributed by atoms with Crippen LogP contribution < -0.4 is 15.5 Å². The Hall–Kier alpha value is -3.53. The summed E-state index contributed by atoms with van der Waals surface area (Å²) < 4.78 is 1.67. The summed E-state index contributed by atoms with van der Waals surface area (Å²) in [4.78, 5) is 15.7. The van der Waals surface area contributed by atoms with Gasteiger partial charge in [-0.15, -0.1) is 10.2 Å². The predicted octanol–water partition coefficient (Wildman–Crippen LogP) is 3.40. The summed E-state index contributed by atoms with van der Waals surface area (Å²) in [7, 11) is 0. The fraction of sp³-hybridized carbons (Fsp3) is 0.333. The SMILES string of the molecule is Cc1ccc(N2CCC(Nc3nc(Nc4cnn5c(C)nnc5c4)ncc3Cl)CC2)nc1. The highest BCUT2D eigenvalue weighted by Gasteiger charge is 2.21. The summed E-state index contributed by atoms with van der Waals surface area (Å²) in [6.07, 6.45) is 7.12. The lowest BCUT2D eigenvalue weighted by Gasteiger charge is -2.33. The number of aromatic nitrogens is 7. The Kier molecular flexibility index (Phi) is 5.44. The van der Waals surface area contributed by atoms with Gasteiger partial charge in [-0.2, -0.15) is 14.6 Å². The van der Waals surface area contributed by atoms with Crippen LogP contribution in [0, 0.1) is 13.8 Å². The number of aryl methyl sites for hydroxylation is 2. The van der Waals surface area contributed by atoms with Gasteiger partial charge >= 0.3 is 0 Å². The highest BCUT2D eigenvalue weighted by atomic mass is 35.5. The number of pyridine rings is 1. The Morgan fingerprint density at radius 1 is 1.03 bits per heavy atom. The first kappa shape index (κ1) is 20.4. The van der Waals surface area contributed by atoms with Crippen molar-refractivity contribution in [2.75, 3.05) is 28.6 Å². The highest BCUT2D eigenvalue weighted by Crippen LogP contribution is 2.25. The molecule has 11 heteroatoms. The summed E-state index contributed by atoms with van der Waals surface area (Å²) in [5.41, 5.74) is 2.53. The molecular weight excluding hydrogens is 428 g/mol. The number of nitrogens with zero attached hydrogens (tertiary/aromatic N) is 8. The van der Waals surface area contributed by atoms with Crippen LogP contribution in [0.2, 0.25) is 5.02 Å². The van der Waals surface area contributed by atoms with E-state index in [-0.39, 0.29) is 6.04 Å². The van der Waals surface area contributed by atoms with Gasteiger partial charge in [0.05, 0.1) is 18.1 Å².